The van der Waals surface area contributed by atoms with Crippen molar-refractivity contribution in [2.24, 2.45) is 16.7 Å². The Hall–Kier alpha value is -2.08. The van der Waals surface area contributed by atoms with Crippen LogP contribution in [-0.2, 0) is 0 Å². The smallest absolute Gasteiger partial charge is 0.0104 e. The first-order valence-electron chi connectivity index (χ1n) is 16.2. The van der Waals surface area contributed by atoms with Crippen LogP contribution in [0, 0.1) is 16.7 Å². The fraction of sp³-hybridized carbons (Fsp3) is 0.600. The molecule has 0 aromatic rings. The molecule has 1 atom stereocenters. The molecule has 1 unspecified atom stereocenters. The highest BCUT2D eigenvalue weighted by Crippen LogP contribution is 2.41. The normalized spacial score (nSPS) is 21.9. The van der Waals surface area contributed by atoms with E-state index in [1.807, 2.05) is 0 Å². The molecule has 222 valence electrons. The zero-order valence-corrected chi connectivity index (χ0v) is 28.1. The highest BCUT2D eigenvalue weighted by Gasteiger charge is 2.27. The van der Waals surface area contributed by atoms with Crippen LogP contribution >= 0.6 is 0 Å². The molecular formula is C40H62. The molecular weight excluding hydrogens is 480 g/mol. The lowest BCUT2D eigenvalue weighted by atomic mass is 9.72. The van der Waals surface area contributed by atoms with Gasteiger partial charge in [0.05, 0.1) is 0 Å². The lowest BCUT2D eigenvalue weighted by Crippen LogP contribution is -2.19. The van der Waals surface area contributed by atoms with Crippen molar-refractivity contribution in [1.29, 1.82) is 0 Å². The number of hydrogen-bond donors (Lipinski definition) is 0. The molecule has 0 saturated heterocycles. The van der Waals surface area contributed by atoms with Gasteiger partial charge in [-0.2, -0.15) is 0 Å². The van der Waals surface area contributed by atoms with E-state index in [4.69, 9.17) is 0 Å². The van der Waals surface area contributed by atoms with E-state index in [2.05, 4.69) is 124 Å². The summed E-state index contributed by atoms with van der Waals surface area (Å²) in [7, 11) is 0. The minimum atomic E-state index is 0.316. The molecule has 0 bridgehead atoms. The summed E-state index contributed by atoms with van der Waals surface area (Å²) >= 11 is 0. The first kappa shape index (κ1) is 34.1. The minimum absolute atomic E-state index is 0.316. The van der Waals surface area contributed by atoms with Crippen molar-refractivity contribution in [1.82, 2.24) is 0 Å². The second-order valence-corrected chi connectivity index (χ2v) is 14.3. The van der Waals surface area contributed by atoms with Gasteiger partial charge in [-0.05, 0) is 133 Å². The molecule has 0 saturated carbocycles. The van der Waals surface area contributed by atoms with Crippen LogP contribution in [0.5, 0.6) is 0 Å². The van der Waals surface area contributed by atoms with E-state index in [9.17, 15) is 0 Å². The standard InChI is InChI=1S/C40H62/c1-31(19-13-21-33(3)25-27-37-35(5)23-15-29-39(37,7)8)17-11-12-18-32(2)20-14-22-34(4)26-28-38-36(6)24-16-30-40(38,9)10/h11-12,17-18,21,25-28,34H,13-16,19-20,22-24,29-30H2,1-10H3/b12-11+,27-25+,28-26+,31-17-,32-18-,33-21+. The van der Waals surface area contributed by atoms with Gasteiger partial charge in [-0.1, -0.05) is 117 Å². The second kappa shape index (κ2) is 16.4. The summed E-state index contributed by atoms with van der Waals surface area (Å²) in [6.07, 6.45) is 34.7. The molecule has 0 aliphatic heterocycles. The third-order valence-electron chi connectivity index (χ3n) is 9.30. The fourth-order valence-corrected chi connectivity index (χ4v) is 6.50. The van der Waals surface area contributed by atoms with Crippen LogP contribution in [0.3, 0.4) is 0 Å². The van der Waals surface area contributed by atoms with Gasteiger partial charge in [0, 0.05) is 0 Å². The molecule has 0 N–H and O–H groups in total. The molecule has 40 heavy (non-hydrogen) atoms. The van der Waals surface area contributed by atoms with E-state index in [0.29, 0.717) is 16.7 Å². The summed E-state index contributed by atoms with van der Waals surface area (Å²) in [5.41, 5.74) is 11.3. The lowest BCUT2D eigenvalue weighted by Gasteiger charge is -2.33. The van der Waals surface area contributed by atoms with Crippen LogP contribution < -0.4 is 0 Å². The Morgan fingerprint density at radius 2 is 1.30 bits per heavy atom. The largest absolute Gasteiger partial charge is 0.0814 e. The Morgan fingerprint density at radius 1 is 0.775 bits per heavy atom. The molecule has 0 nitrogen and oxygen atoms in total. The average molecular weight is 543 g/mol. The van der Waals surface area contributed by atoms with E-state index >= 15 is 0 Å². The zero-order chi connectivity index (χ0) is 29.8. The Bertz CT molecular complexity index is 1070. The van der Waals surface area contributed by atoms with Gasteiger partial charge in [-0.15, -0.1) is 0 Å². The van der Waals surface area contributed by atoms with Gasteiger partial charge < -0.3 is 0 Å². The number of allylic oxidation sites excluding steroid dienone is 16. The van der Waals surface area contributed by atoms with Crippen molar-refractivity contribution in [3.8, 4) is 0 Å². The summed E-state index contributed by atoms with van der Waals surface area (Å²) in [5, 5.41) is 0. The monoisotopic (exact) mass is 542 g/mol. The van der Waals surface area contributed by atoms with E-state index in [-0.39, 0.29) is 0 Å². The molecule has 0 spiro atoms. The van der Waals surface area contributed by atoms with Gasteiger partial charge in [0.15, 0.2) is 0 Å². The van der Waals surface area contributed by atoms with Gasteiger partial charge in [0.25, 0.3) is 0 Å². The van der Waals surface area contributed by atoms with E-state index in [0.717, 1.165) is 12.8 Å². The summed E-state index contributed by atoms with van der Waals surface area (Å²) < 4.78 is 0. The Balaban J connectivity index is 1.73. The second-order valence-electron chi connectivity index (χ2n) is 14.3. The first-order chi connectivity index (χ1) is 18.8. The van der Waals surface area contributed by atoms with E-state index < -0.39 is 0 Å². The average Bonchev–Trinajstić information content (AvgIpc) is 2.85. The maximum absolute atomic E-state index is 2.46. The summed E-state index contributed by atoms with van der Waals surface area (Å²) in [6, 6.07) is 0. The van der Waals surface area contributed by atoms with Gasteiger partial charge in [0.2, 0.25) is 0 Å². The van der Waals surface area contributed by atoms with Crippen LogP contribution in [0.1, 0.15) is 140 Å². The highest BCUT2D eigenvalue weighted by atomic mass is 14.3. The summed E-state index contributed by atoms with van der Waals surface area (Å²) in [6.45, 7) is 23.4. The molecule has 0 aromatic heterocycles. The van der Waals surface area contributed by atoms with Crippen LogP contribution in [0.25, 0.3) is 0 Å². The van der Waals surface area contributed by atoms with Crippen LogP contribution in [0.2, 0.25) is 0 Å². The van der Waals surface area contributed by atoms with Crippen LogP contribution in [0.15, 0.2) is 93.7 Å². The third-order valence-corrected chi connectivity index (χ3v) is 9.30. The summed E-state index contributed by atoms with van der Waals surface area (Å²) in [4.78, 5) is 0. The van der Waals surface area contributed by atoms with Gasteiger partial charge in [-0.3, -0.25) is 0 Å². The molecule has 2 rings (SSSR count). The number of rotatable bonds is 13. The molecule has 2 aliphatic rings. The van der Waals surface area contributed by atoms with Gasteiger partial charge >= 0.3 is 0 Å². The van der Waals surface area contributed by atoms with Crippen LogP contribution in [0.4, 0.5) is 0 Å². The molecule has 0 aromatic carbocycles. The Kier molecular flexibility index (Phi) is 14.0. The molecule has 0 heterocycles. The van der Waals surface area contributed by atoms with Crippen molar-refractivity contribution >= 4 is 0 Å². The van der Waals surface area contributed by atoms with E-state index in [1.54, 1.807) is 22.3 Å². The first-order valence-corrected chi connectivity index (χ1v) is 16.2. The van der Waals surface area contributed by atoms with Crippen molar-refractivity contribution < 1.29 is 0 Å². The fourth-order valence-electron chi connectivity index (χ4n) is 6.50. The van der Waals surface area contributed by atoms with E-state index in [1.165, 1.54) is 74.5 Å². The summed E-state index contributed by atoms with van der Waals surface area (Å²) in [5.74, 6) is 0.639. The zero-order valence-electron chi connectivity index (χ0n) is 28.1. The number of hydrogen-bond acceptors (Lipinski definition) is 0. The molecule has 0 radical (unpaired) electrons. The lowest BCUT2D eigenvalue weighted by molar-refractivity contribution is 0.376. The van der Waals surface area contributed by atoms with Gasteiger partial charge in [-0.25, -0.2) is 0 Å². The Labute approximate surface area is 249 Å². The minimum Gasteiger partial charge on any atom is -0.0814 e. The SMILES string of the molecule is CC1=C(/C=C/C(C)=C/CC\C(C)=C/C=C/C=C(/C)CCCC(C)/C=C/C2=C(C)CCCC2(C)C)C(C)(C)CCC1. The molecule has 2 aliphatic carbocycles. The predicted octanol–water partition coefficient (Wildman–Crippen LogP) is 13.1. The third kappa shape index (κ3) is 11.8. The topological polar surface area (TPSA) is 0 Å². The predicted molar refractivity (Wildman–Crippen MR) is 182 cm³/mol. The molecule has 0 fully saturated rings. The maximum Gasteiger partial charge on any atom is -0.0104 e. The van der Waals surface area contributed by atoms with Crippen LogP contribution in [-0.4, -0.2) is 0 Å². The Morgan fingerprint density at radius 3 is 1.85 bits per heavy atom. The maximum atomic E-state index is 2.46. The molecule has 0 amide bonds. The quantitative estimate of drug-likeness (QED) is 0.203. The van der Waals surface area contributed by atoms with Crippen molar-refractivity contribution in [3.05, 3.63) is 93.7 Å². The van der Waals surface area contributed by atoms with Crippen molar-refractivity contribution in [3.63, 3.8) is 0 Å². The van der Waals surface area contributed by atoms with Crippen molar-refractivity contribution in [2.45, 2.75) is 140 Å². The molecule has 0 heteroatoms. The van der Waals surface area contributed by atoms with Gasteiger partial charge in [0.1, 0.15) is 0 Å². The van der Waals surface area contributed by atoms with Crippen molar-refractivity contribution in [2.75, 3.05) is 0 Å². The highest BCUT2D eigenvalue weighted by molar-refractivity contribution is 5.36.